The molecule has 0 aliphatic carbocycles. The summed E-state index contributed by atoms with van der Waals surface area (Å²) in [6.45, 7) is 2.12. The average molecular weight is 187 g/mol. The Morgan fingerprint density at radius 1 is 1.14 bits per heavy atom. The molecule has 0 aliphatic heterocycles. The maximum atomic E-state index is 2.20. The van der Waals surface area contributed by atoms with Gasteiger partial charge in [0.05, 0.1) is 7.05 Å². The molecule has 0 saturated heterocycles. The van der Waals surface area contributed by atoms with Crippen molar-refractivity contribution in [2.45, 2.75) is 6.92 Å². The van der Waals surface area contributed by atoms with Crippen LogP contribution >= 0.6 is 0 Å². The van der Waals surface area contributed by atoms with Gasteiger partial charge in [0.1, 0.15) is 5.69 Å². The van der Waals surface area contributed by atoms with Crippen LogP contribution in [0, 0.1) is 6.92 Å². The summed E-state index contributed by atoms with van der Waals surface area (Å²) in [5.41, 5.74) is 3.79. The molecular formula is C12H15N2+. The second-order valence-corrected chi connectivity index (χ2v) is 3.58. The molecular weight excluding hydrogens is 172 g/mol. The van der Waals surface area contributed by atoms with Gasteiger partial charge in [0.15, 0.2) is 7.05 Å². The molecule has 2 nitrogen and oxygen atoms in total. The SMILES string of the molecule is Cc1cc(-c2ccccc2)n(C)[n+]1C. The lowest BCUT2D eigenvalue weighted by Crippen LogP contribution is -2.39. The van der Waals surface area contributed by atoms with E-state index in [1.54, 1.807) is 0 Å². The monoisotopic (exact) mass is 187 g/mol. The number of hydrogen-bond donors (Lipinski definition) is 0. The van der Waals surface area contributed by atoms with E-state index >= 15 is 0 Å². The van der Waals surface area contributed by atoms with E-state index < -0.39 is 0 Å². The number of nitrogens with zero attached hydrogens (tertiary/aromatic N) is 2. The van der Waals surface area contributed by atoms with Crippen molar-refractivity contribution in [3.8, 4) is 11.3 Å². The topological polar surface area (TPSA) is 8.81 Å². The first-order chi connectivity index (χ1) is 6.70. The van der Waals surface area contributed by atoms with Crippen molar-refractivity contribution in [2.24, 2.45) is 14.1 Å². The zero-order chi connectivity index (χ0) is 10.1. The van der Waals surface area contributed by atoms with Gasteiger partial charge in [-0.05, 0) is 0 Å². The highest BCUT2D eigenvalue weighted by Gasteiger charge is 2.13. The van der Waals surface area contributed by atoms with Crippen molar-refractivity contribution in [1.29, 1.82) is 0 Å². The summed E-state index contributed by atoms with van der Waals surface area (Å²) in [6, 6.07) is 12.6. The van der Waals surface area contributed by atoms with Crippen molar-refractivity contribution >= 4 is 0 Å². The third-order valence-electron chi connectivity index (χ3n) is 2.72. The van der Waals surface area contributed by atoms with Crippen LogP contribution in [-0.2, 0) is 14.1 Å². The molecule has 0 unspecified atom stereocenters. The van der Waals surface area contributed by atoms with Crippen molar-refractivity contribution in [1.82, 2.24) is 4.68 Å². The molecule has 72 valence electrons. The van der Waals surface area contributed by atoms with E-state index in [0.717, 1.165) is 0 Å². The number of aromatic nitrogens is 2. The number of aryl methyl sites for hydroxylation is 1. The van der Waals surface area contributed by atoms with E-state index in [2.05, 4.69) is 60.7 Å². The first kappa shape index (κ1) is 9.00. The maximum Gasteiger partial charge on any atom is 0.205 e. The van der Waals surface area contributed by atoms with Crippen molar-refractivity contribution in [3.05, 3.63) is 42.1 Å². The van der Waals surface area contributed by atoms with E-state index in [0.29, 0.717) is 0 Å². The van der Waals surface area contributed by atoms with Crippen LogP contribution in [0.2, 0.25) is 0 Å². The molecule has 2 aromatic rings. The Morgan fingerprint density at radius 3 is 2.29 bits per heavy atom. The second-order valence-electron chi connectivity index (χ2n) is 3.58. The van der Waals surface area contributed by atoms with Crippen LogP contribution < -0.4 is 4.68 Å². The van der Waals surface area contributed by atoms with Crippen molar-refractivity contribution < 1.29 is 4.68 Å². The summed E-state index contributed by atoms with van der Waals surface area (Å²) >= 11 is 0. The Kier molecular flexibility index (Phi) is 2.12. The molecule has 14 heavy (non-hydrogen) atoms. The molecule has 0 bridgehead atoms. The molecule has 0 radical (unpaired) electrons. The summed E-state index contributed by atoms with van der Waals surface area (Å²) in [4.78, 5) is 0. The van der Waals surface area contributed by atoms with Crippen LogP contribution in [-0.4, -0.2) is 4.68 Å². The van der Waals surface area contributed by atoms with Crippen molar-refractivity contribution in [2.75, 3.05) is 0 Å². The van der Waals surface area contributed by atoms with Gasteiger partial charge in [-0.1, -0.05) is 30.3 Å². The van der Waals surface area contributed by atoms with Gasteiger partial charge in [-0.25, -0.2) is 0 Å². The Labute approximate surface area is 84.4 Å². The minimum Gasteiger partial charge on any atom is -0.156 e. The summed E-state index contributed by atoms with van der Waals surface area (Å²) in [7, 11) is 4.15. The minimum absolute atomic E-state index is 1.26. The summed E-state index contributed by atoms with van der Waals surface area (Å²) < 4.78 is 4.30. The van der Waals surface area contributed by atoms with Gasteiger partial charge in [0.25, 0.3) is 0 Å². The third kappa shape index (κ3) is 1.33. The Morgan fingerprint density at radius 2 is 1.79 bits per heavy atom. The Balaban J connectivity index is 2.58. The number of benzene rings is 1. The molecule has 1 aromatic carbocycles. The lowest BCUT2D eigenvalue weighted by atomic mass is 10.1. The van der Waals surface area contributed by atoms with Gasteiger partial charge >= 0.3 is 0 Å². The normalized spacial score (nSPS) is 10.5. The quantitative estimate of drug-likeness (QED) is 0.602. The highest BCUT2D eigenvalue weighted by Crippen LogP contribution is 2.17. The van der Waals surface area contributed by atoms with Gasteiger partial charge in [-0.15, -0.1) is 4.68 Å². The van der Waals surface area contributed by atoms with Crippen LogP contribution in [0.25, 0.3) is 11.3 Å². The number of rotatable bonds is 1. The Bertz CT molecular complexity index is 441. The molecule has 0 fully saturated rings. The fraction of sp³-hybridized carbons (Fsp3) is 0.250. The summed E-state index contributed by atoms with van der Waals surface area (Å²) in [5, 5.41) is 0. The summed E-state index contributed by atoms with van der Waals surface area (Å²) in [5.74, 6) is 0. The highest BCUT2D eigenvalue weighted by molar-refractivity contribution is 5.58. The zero-order valence-corrected chi connectivity index (χ0v) is 8.86. The first-order valence-corrected chi connectivity index (χ1v) is 4.78. The second kappa shape index (κ2) is 3.29. The molecule has 0 spiro atoms. The van der Waals surface area contributed by atoms with Crippen LogP contribution in [0.5, 0.6) is 0 Å². The fourth-order valence-electron chi connectivity index (χ4n) is 1.66. The van der Waals surface area contributed by atoms with E-state index in [1.807, 2.05) is 6.07 Å². The molecule has 0 N–H and O–H groups in total. The van der Waals surface area contributed by atoms with Crippen LogP contribution in [0.3, 0.4) is 0 Å². The lowest BCUT2D eigenvalue weighted by molar-refractivity contribution is -0.755. The molecule has 1 heterocycles. The van der Waals surface area contributed by atoms with Crippen LogP contribution in [0.4, 0.5) is 0 Å². The fourth-order valence-corrected chi connectivity index (χ4v) is 1.66. The minimum atomic E-state index is 1.26. The Hall–Kier alpha value is -1.57. The average Bonchev–Trinajstić information content (AvgIpc) is 2.47. The third-order valence-corrected chi connectivity index (χ3v) is 2.72. The van der Waals surface area contributed by atoms with Gasteiger partial charge in [-0.3, -0.25) is 0 Å². The molecule has 1 aromatic heterocycles. The molecule has 0 aliphatic rings. The largest absolute Gasteiger partial charge is 0.205 e. The first-order valence-electron chi connectivity index (χ1n) is 4.78. The molecule has 0 amide bonds. The van der Waals surface area contributed by atoms with Crippen molar-refractivity contribution in [3.63, 3.8) is 0 Å². The van der Waals surface area contributed by atoms with Gasteiger partial charge in [0.2, 0.25) is 5.69 Å². The van der Waals surface area contributed by atoms with E-state index in [-0.39, 0.29) is 0 Å². The standard InChI is InChI=1S/C12H15N2/c1-10-9-12(14(3)13(10)2)11-7-5-4-6-8-11/h4-9H,1-3H3/q+1. The smallest absolute Gasteiger partial charge is 0.156 e. The highest BCUT2D eigenvalue weighted by atomic mass is 15.4. The molecule has 2 rings (SSSR count). The van der Waals surface area contributed by atoms with Gasteiger partial charge in [0, 0.05) is 18.6 Å². The lowest BCUT2D eigenvalue weighted by Gasteiger charge is -1.98. The molecule has 2 heteroatoms. The van der Waals surface area contributed by atoms with E-state index in [1.165, 1.54) is 17.0 Å². The van der Waals surface area contributed by atoms with E-state index in [9.17, 15) is 0 Å². The summed E-state index contributed by atoms with van der Waals surface area (Å²) in [6.07, 6.45) is 0. The molecule has 0 saturated carbocycles. The van der Waals surface area contributed by atoms with Gasteiger partial charge in [-0.2, -0.15) is 4.68 Å². The van der Waals surface area contributed by atoms with Crippen LogP contribution in [0.15, 0.2) is 36.4 Å². The van der Waals surface area contributed by atoms with Gasteiger partial charge < -0.3 is 0 Å². The number of hydrogen-bond acceptors (Lipinski definition) is 0. The van der Waals surface area contributed by atoms with Crippen LogP contribution in [0.1, 0.15) is 5.69 Å². The maximum absolute atomic E-state index is 2.20. The predicted octanol–water partition coefficient (Wildman–Crippen LogP) is 1.83. The predicted molar refractivity (Wildman–Crippen MR) is 56.8 cm³/mol. The zero-order valence-electron chi connectivity index (χ0n) is 8.86. The molecule has 0 atom stereocenters. The van der Waals surface area contributed by atoms with E-state index in [4.69, 9.17) is 0 Å².